The Morgan fingerprint density at radius 2 is 1.83 bits per heavy atom. The number of aliphatic imine (C=N–C) groups is 1. The van der Waals surface area contributed by atoms with Crippen molar-refractivity contribution >= 4 is 23.5 Å². The first-order valence-electron chi connectivity index (χ1n) is 11.2. The van der Waals surface area contributed by atoms with Crippen molar-refractivity contribution in [3.8, 4) is 0 Å². The molecule has 0 heterocycles. The fraction of sp³-hybridized carbons (Fsp3) is 0.417. The van der Waals surface area contributed by atoms with Crippen molar-refractivity contribution in [2.24, 2.45) is 10.7 Å². The fourth-order valence-corrected chi connectivity index (χ4v) is 3.22. The van der Waals surface area contributed by atoms with E-state index in [1.807, 2.05) is 13.8 Å². The Balaban J connectivity index is 2.13. The molecule has 0 radical (unpaired) electrons. The van der Waals surface area contributed by atoms with Gasteiger partial charge >= 0.3 is 0 Å². The lowest BCUT2D eigenvalue weighted by Crippen LogP contribution is -2.51. The van der Waals surface area contributed by atoms with Crippen LogP contribution in [0.5, 0.6) is 0 Å². The van der Waals surface area contributed by atoms with Crippen LogP contribution in [0.15, 0.2) is 41.4 Å². The van der Waals surface area contributed by atoms with Gasteiger partial charge < -0.3 is 21.1 Å². The minimum absolute atomic E-state index is 0.0532. The standard InChI is InChI=1S/C24H31ClF3N5O2/c1-14(2)35-8-4-7-31-24(33-23(34)15-5-6-19(25)20(28)11-15)32-22(30-3)13-21(29)16-9-17(26)12-18(27)10-16/h5-6,9-12,14,21-22,30H,4,7-8,13,29H2,1-3H3,(H2,31,32,33,34). The summed E-state index contributed by atoms with van der Waals surface area (Å²) in [5, 5.41) is 8.56. The van der Waals surface area contributed by atoms with Crippen LogP contribution < -0.4 is 21.7 Å². The van der Waals surface area contributed by atoms with Gasteiger partial charge in [-0.3, -0.25) is 15.1 Å². The molecule has 0 saturated heterocycles. The number of benzene rings is 2. The summed E-state index contributed by atoms with van der Waals surface area (Å²) >= 11 is 5.70. The minimum Gasteiger partial charge on any atom is -0.379 e. The van der Waals surface area contributed by atoms with E-state index >= 15 is 0 Å². The predicted octanol–water partition coefficient (Wildman–Crippen LogP) is 3.88. The topological polar surface area (TPSA) is 101 Å². The van der Waals surface area contributed by atoms with Crippen molar-refractivity contribution in [2.45, 2.75) is 45.0 Å². The lowest BCUT2D eigenvalue weighted by molar-refractivity contribution is 0.0782. The zero-order chi connectivity index (χ0) is 26.0. The number of rotatable bonds is 11. The summed E-state index contributed by atoms with van der Waals surface area (Å²) < 4.78 is 46.5. The van der Waals surface area contributed by atoms with Crippen molar-refractivity contribution in [3.05, 3.63) is 70.0 Å². The van der Waals surface area contributed by atoms with Crippen LogP contribution in [0, 0.1) is 17.5 Å². The molecule has 2 atom stereocenters. The van der Waals surface area contributed by atoms with E-state index < -0.39 is 35.6 Å². The van der Waals surface area contributed by atoms with E-state index in [9.17, 15) is 18.0 Å². The van der Waals surface area contributed by atoms with E-state index in [0.717, 1.165) is 12.1 Å². The van der Waals surface area contributed by atoms with Gasteiger partial charge in [0.15, 0.2) is 5.96 Å². The lowest BCUT2D eigenvalue weighted by Gasteiger charge is -2.24. The average molecular weight is 514 g/mol. The van der Waals surface area contributed by atoms with Crippen LogP contribution in [-0.2, 0) is 4.74 Å². The van der Waals surface area contributed by atoms with Gasteiger partial charge in [0.25, 0.3) is 5.91 Å². The van der Waals surface area contributed by atoms with Gasteiger partial charge in [-0.1, -0.05) is 11.6 Å². The molecule has 11 heteroatoms. The number of hydrogen-bond donors (Lipinski definition) is 4. The molecular weight excluding hydrogens is 483 g/mol. The molecule has 0 bridgehead atoms. The van der Waals surface area contributed by atoms with E-state index in [1.54, 1.807) is 7.05 Å². The van der Waals surface area contributed by atoms with Gasteiger partial charge in [-0.25, -0.2) is 13.2 Å². The minimum atomic E-state index is -0.724. The van der Waals surface area contributed by atoms with Crippen LogP contribution in [0.25, 0.3) is 0 Å². The van der Waals surface area contributed by atoms with E-state index in [0.29, 0.717) is 19.6 Å². The van der Waals surface area contributed by atoms with Gasteiger partial charge in [-0.15, -0.1) is 0 Å². The zero-order valence-electron chi connectivity index (χ0n) is 19.9. The highest BCUT2D eigenvalue weighted by Gasteiger charge is 2.18. The van der Waals surface area contributed by atoms with Crippen LogP contribution in [-0.4, -0.2) is 44.3 Å². The van der Waals surface area contributed by atoms with E-state index in [2.05, 4.69) is 20.9 Å². The maximum absolute atomic E-state index is 13.8. The largest absolute Gasteiger partial charge is 0.379 e. The number of ether oxygens (including phenoxy) is 1. The van der Waals surface area contributed by atoms with Gasteiger partial charge in [0.1, 0.15) is 17.5 Å². The molecule has 0 aliphatic rings. The van der Waals surface area contributed by atoms with Crippen LogP contribution >= 0.6 is 11.6 Å². The number of nitrogens with one attached hydrogen (secondary N) is 3. The maximum atomic E-state index is 13.8. The molecule has 0 aromatic heterocycles. The predicted molar refractivity (Wildman–Crippen MR) is 131 cm³/mol. The number of carbonyl (C=O) groups excluding carboxylic acids is 1. The summed E-state index contributed by atoms with van der Waals surface area (Å²) in [5.74, 6) is -2.66. The number of hydrogen-bond acceptors (Lipinski definition) is 5. The Morgan fingerprint density at radius 3 is 2.43 bits per heavy atom. The molecule has 192 valence electrons. The normalized spacial score (nSPS) is 13.6. The van der Waals surface area contributed by atoms with Crippen molar-refractivity contribution in [1.82, 2.24) is 16.0 Å². The summed E-state index contributed by atoms with van der Waals surface area (Å²) in [6.45, 7) is 4.66. The van der Waals surface area contributed by atoms with Crippen LogP contribution in [0.1, 0.15) is 48.7 Å². The first kappa shape index (κ1) is 28.6. The third-order valence-electron chi connectivity index (χ3n) is 4.90. The lowest BCUT2D eigenvalue weighted by atomic mass is 10.0. The van der Waals surface area contributed by atoms with Crippen LogP contribution in [0.4, 0.5) is 13.2 Å². The SMILES string of the molecule is CNC(CC(N)c1cc(F)cc(F)c1)NC(=NCCCOC(C)C)NC(=O)c1ccc(Cl)c(F)c1. The molecular formula is C24H31ClF3N5O2. The molecule has 2 rings (SSSR count). The molecule has 1 amide bonds. The zero-order valence-corrected chi connectivity index (χ0v) is 20.6. The first-order valence-corrected chi connectivity index (χ1v) is 11.5. The summed E-state index contributed by atoms with van der Waals surface area (Å²) in [6.07, 6.45) is 0.365. The smallest absolute Gasteiger partial charge is 0.258 e. The van der Waals surface area contributed by atoms with E-state index in [4.69, 9.17) is 22.1 Å². The van der Waals surface area contributed by atoms with Crippen molar-refractivity contribution in [3.63, 3.8) is 0 Å². The second kappa shape index (κ2) is 14.0. The molecule has 0 aliphatic heterocycles. The number of carbonyl (C=O) groups is 1. The Kier molecular flexibility index (Phi) is 11.5. The first-order chi connectivity index (χ1) is 16.6. The molecule has 5 N–H and O–H groups in total. The quantitative estimate of drug-likeness (QED) is 0.158. The molecule has 0 spiro atoms. The monoisotopic (exact) mass is 513 g/mol. The maximum Gasteiger partial charge on any atom is 0.258 e. The molecule has 35 heavy (non-hydrogen) atoms. The number of halogens is 4. The third kappa shape index (κ3) is 9.85. The summed E-state index contributed by atoms with van der Waals surface area (Å²) in [4.78, 5) is 17.1. The molecule has 7 nitrogen and oxygen atoms in total. The third-order valence-corrected chi connectivity index (χ3v) is 5.21. The second-order valence-corrected chi connectivity index (χ2v) is 8.52. The van der Waals surface area contributed by atoms with Crippen LogP contribution in [0.3, 0.4) is 0 Å². The average Bonchev–Trinajstić information content (AvgIpc) is 2.78. The van der Waals surface area contributed by atoms with Gasteiger partial charge in [-0.2, -0.15) is 0 Å². The molecule has 2 aromatic rings. The van der Waals surface area contributed by atoms with E-state index in [-0.39, 0.29) is 34.6 Å². The highest BCUT2D eigenvalue weighted by atomic mass is 35.5. The Hall–Kier alpha value is -2.66. The van der Waals surface area contributed by atoms with Gasteiger partial charge in [-0.05, 0) is 63.2 Å². The number of nitrogens with two attached hydrogens (primary N) is 1. The number of amides is 1. The fourth-order valence-electron chi connectivity index (χ4n) is 3.11. The Bertz CT molecular complexity index is 1000. The number of guanidine groups is 1. The van der Waals surface area contributed by atoms with Gasteiger partial charge in [0.05, 0.1) is 17.3 Å². The molecule has 2 aromatic carbocycles. The molecule has 0 saturated carbocycles. The van der Waals surface area contributed by atoms with E-state index in [1.165, 1.54) is 24.3 Å². The van der Waals surface area contributed by atoms with Crippen molar-refractivity contribution in [1.29, 1.82) is 0 Å². The Morgan fingerprint density at radius 1 is 1.14 bits per heavy atom. The molecule has 0 fully saturated rings. The summed E-state index contributed by atoms with van der Waals surface area (Å²) in [5.41, 5.74) is 6.50. The van der Waals surface area contributed by atoms with Crippen molar-refractivity contribution < 1.29 is 22.7 Å². The highest BCUT2D eigenvalue weighted by Crippen LogP contribution is 2.18. The molecule has 2 unspecified atom stereocenters. The van der Waals surface area contributed by atoms with Gasteiger partial charge in [0.2, 0.25) is 0 Å². The van der Waals surface area contributed by atoms with Gasteiger partial charge in [0, 0.05) is 37.2 Å². The second-order valence-electron chi connectivity index (χ2n) is 8.12. The number of nitrogens with zero attached hydrogens (tertiary/aromatic N) is 1. The highest BCUT2D eigenvalue weighted by molar-refractivity contribution is 6.30. The summed E-state index contributed by atoms with van der Waals surface area (Å²) in [7, 11) is 1.65. The summed E-state index contributed by atoms with van der Waals surface area (Å²) in [6, 6.07) is 6.09. The molecule has 0 aliphatic carbocycles. The van der Waals surface area contributed by atoms with Crippen molar-refractivity contribution in [2.75, 3.05) is 20.2 Å². The Labute approximate surface area is 208 Å². The van der Waals surface area contributed by atoms with Crippen LogP contribution in [0.2, 0.25) is 5.02 Å².